The Morgan fingerprint density at radius 3 is 2.08 bits per heavy atom. The lowest BCUT2D eigenvalue weighted by molar-refractivity contribution is -0.384. The first-order chi connectivity index (χ1) is 12.0. The molecule has 2 amide bonds. The normalized spacial score (nSPS) is 15.0. The van der Waals surface area contributed by atoms with Gasteiger partial charge in [-0.1, -0.05) is 20.8 Å². The van der Waals surface area contributed by atoms with Crippen molar-refractivity contribution in [3.05, 3.63) is 33.9 Å². The molecule has 0 aliphatic carbocycles. The van der Waals surface area contributed by atoms with Gasteiger partial charge in [-0.25, -0.2) is 0 Å². The van der Waals surface area contributed by atoms with E-state index in [9.17, 15) is 19.7 Å². The number of anilines is 1. The molecule has 1 heterocycles. The Balaban J connectivity index is 2.19. The Kier molecular flexibility index (Phi) is 5.53. The first-order valence-corrected chi connectivity index (χ1v) is 8.57. The van der Waals surface area contributed by atoms with Crippen LogP contribution in [0.2, 0.25) is 0 Å². The van der Waals surface area contributed by atoms with Crippen LogP contribution in [0.4, 0.5) is 11.4 Å². The molecule has 1 aliphatic heterocycles. The fraction of sp³-hybridized carbons (Fsp3) is 0.556. The van der Waals surface area contributed by atoms with Gasteiger partial charge in [-0.2, -0.15) is 0 Å². The summed E-state index contributed by atoms with van der Waals surface area (Å²) in [6.07, 6.45) is 0. The molecule has 1 aliphatic rings. The smallest absolute Gasteiger partial charge is 0.270 e. The summed E-state index contributed by atoms with van der Waals surface area (Å²) < 4.78 is 0. The zero-order chi connectivity index (χ0) is 19.6. The lowest BCUT2D eigenvalue weighted by Gasteiger charge is -2.38. The third-order valence-electron chi connectivity index (χ3n) is 4.40. The van der Waals surface area contributed by atoms with Crippen LogP contribution in [0.1, 0.15) is 31.1 Å². The molecule has 0 unspecified atom stereocenters. The Hall–Kier alpha value is -2.64. The van der Waals surface area contributed by atoms with Crippen molar-refractivity contribution in [1.82, 2.24) is 9.80 Å². The Labute approximate surface area is 153 Å². The van der Waals surface area contributed by atoms with E-state index < -0.39 is 10.3 Å². The standard InChI is InChI=1S/C18H26N4O4/c1-18(2,3)17(24)21-10-8-20(9-11-21)16(23)14-12-13(22(25)26)6-7-15(14)19(4)5/h6-7,12H,8-11H2,1-5H3. The Morgan fingerprint density at radius 2 is 1.62 bits per heavy atom. The van der Waals surface area contributed by atoms with Crippen LogP contribution in [0.15, 0.2) is 18.2 Å². The largest absolute Gasteiger partial charge is 0.377 e. The number of piperazine rings is 1. The summed E-state index contributed by atoms with van der Waals surface area (Å²) >= 11 is 0. The molecule has 142 valence electrons. The number of hydrogen-bond donors (Lipinski definition) is 0. The van der Waals surface area contributed by atoms with Crippen molar-refractivity contribution < 1.29 is 14.5 Å². The Bertz CT molecular complexity index is 716. The zero-order valence-corrected chi connectivity index (χ0v) is 16.0. The van der Waals surface area contributed by atoms with Crippen molar-refractivity contribution in [3.63, 3.8) is 0 Å². The maximum absolute atomic E-state index is 12.9. The molecule has 8 nitrogen and oxygen atoms in total. The minimum atomic E-state index is -0.504. The van der Waals surface area contributed by atoms with Crippen molar-refractivity contribution in [1.29, 1.82) is 0 Å². The summed E-state index contributed by atoms with van der Waals surface area (Å²) in [5.41, 5.74) is 0.374. The number of carbonyl (C=O) groups excluding carboxylic acids is 2. The van der Waals surface area contributed by atoms with Gasteiger partial charge in [-0.05, 0) is 6.07 Å². The highest BCUT2D eigenvalue weighted by molar-refractivity contribution is 6.00. The SMILES string of the molecule is CN(C)c1ccc([N+](=O)[O-])cc1C(=O)N1CCN(C(=O)C(C)(C)C)CC1. The van der Waals surface area contributed by atoms with Crippen LogP contribution < -0.4 is 4.90 Å². The number of benzene rings is 1. The number of hydrogen-bond acceptors (Lipinski definition) is 5. The number of carbonyl (C=O) groups is 2. The summed E-state index contributed by atoms with van der Waals surface area (Å²) in [6, 6.07) is 4.31. The molecule has 26 heavy (non-hydrogen) atoms. The second kappa shape index (κ2) is 7.31. The number of non-ortho nitro benzene ring substituents is 1. The number of amides is 2. The van der Waals surface area contributed by atoms with E-state index in [1.807, 2.05) is 20.8 Å². The van der Waals surface area contributed by atoms with Gasteiger partial charge >= 0.3 is 0 Å². The fourth-order valence-electron chi connectivity index (χ4n) is 2.96. The van der Waals surface area contributed by atoms with Gasteiger partial charge in [0.1, 0.15) is 0 Å². The number of nitrogens with zero attached hydrogens (tertiary/aromatic N) is 4. The van der Waals surface area contributed by atoms with Gasteiger partial charge < -0.3 is 14.7 Å². The average Bonchev–Trinajstić information content (AvgIpc) is 2.59. The van der Waals surface area contributed by atoms with Crippen molar-refractivity contribution >= 4 is 23.2 Å². The van der Waals surface area contributed by atoms with Crippen LogP contribution in [-0.4, -0.2) is 66.8 Å². The van der Waals surface area contributed by atoms with Crippen molar-refractivity contribution in [2.45, 2.75) is 20.8 Å². The summed E-state index contributed by atoms with van der Waals surface area (Å²) in [7, 11) is 3.58. The summed E-state index contributed by atoms with van der Waals surface area (Å²) in [5, 5.41) is 11.1. The van der Waals surface area contributed by atoms with Gasteiger partial charge in [0.05, 0.1) is 10.5 Å². The minimum absolute atomic E-state index is 0.0638. The molecule has 8 heteroatoms. The molecule has 0 atom stereocenters. The highest BCUT2D eigenvalue weighted by Gasteiger charge is 2.32. The van der Waals surface area contributed by atoms with Crippen molar-refractivity contribution in [2.24, 2.45) is 5.41 Å². The summed E-state index contributed by atoms with van der Waals surface area (Å²) in [4.78, 5) is 41.1. The molecular formula is C18H26N4O4. The lowest BCUT2D eigenvalue weighted by Crippen LogP contribution is -2.53. The number of rotatable bonds is 3. The highest BCUT2D eigenvalue weighted by atomic mass is 16.6. The van der Waals surface area contributed by atoms with E-state index in [-0.39, 0.29) is 17.5 Å². The topological polar surface area (TPSA) is 87.0 Å². The number of nitro groups is 1. The quantitative estimate of drug-likeness (QED) is 0.606. The molecule has 1 aromatic rings. The maximum atomic E-state index is 12.9. The zero-order valence-electron chi connectivity index (χ0n) is 16.0. The van der Waals surface area contributed by atoms with Gasteiger partial charge in [0.2, 0.25) is 5.91 Å². The van der Waals surface area contributed by atoms with E-state index in [1.165, 1.54) is 12.1 Å². The van der Waals surface area contributed by atoms with Crippen LogP contribution in [0.3, 0.4) is 0 Å². The molecule has 1 aromatic carbocycles. The monoisotopic (exact) mass is 362 g/mol. The summed E-state index contributed by atoms with van der Waals surface area (Å²) in [6.45, 7) is 7.38. The van der Waals surface area contributed by atoms with E-state index in [1.54, 1.807) is 34.9 Å². The average molecular weight is 362 g/mol. The van der Waals surface area contributed by atoms with E-state index in [0.29, 0.717) is 37.4 Å². The van der Waals surface area contributed by atoms with E-state index in [2.05, 4.69) is 0 Å². The van der Waals surface area contributed by atoms with Gasteiger partial charge in [0, 0.05) is 63.5 Å². The lowest BCUT2D eigenvalue weighted by atomic mass is 9.94. The molecule has 1 fully saturated rings. The Morgan fingerprint density at radius 1 is 1.08 bits per heavy atom. The van der Waals surface area contributed by atoms with Gasteiger partial charge in [-0.15, -0.1) is 0 Å². The predicted octanol–water partition coefficient (Wildman–Crippen LogP) is 1.99. The van der Waals surface area contributed by atoms with E-state index in [4.69, 9.17) is 0 Å². The molecule has 2 rings (SSSR count). The third-order valence-corrected chi connectivity index (χ3v) is 4.40. The van der Waals surface area contributed by atoms with Gasteiger partial charge in [0.15, 0.2) is 0 Å². The molecule has 0 N–H and O–H groups in total. The van der Waals surface area contributed by atoms with Gasteiger partial charge in [0.25, 0.3) is 11.6 Å². The third kappa shape index (κ3) is 4.12. The molecule has 0 bridgehead atoms. The molecule has 1 saturated heterocycles. The van der Waals surface area contributed by atoms with E-state index >= 15 is 0 Å². The van der Waals surface area contributed by atoms with Crippen LogP contribution in [0.5, 0.6) is 0 Å². The molecule has 0 saturated carbocycles. The molecule has 0 radical (unpaired) electrons. The van der Waals surface area contributed by atoms with Crippen LogP contribution in [0.25, 0.3) is 0 Å². The summed E-state index contributed by atoms with van der Waals surface area (Å²) in [5.74, 6) is -0.186. The predicted molar refractivity (Wildman–Crippen MR) is 99.4 cm³/mol. The van der Waals surface area contributed by atoms with Crippen LogP contribution in [0, 0.1) is 15.5 Å². The highest BCUT2D eigenvalue weighted by Crippen LogP contribution is 2.26. The van der Waals surface area contributed by atoms with Gasteiger partial charge in [-0.3, -0.25) is 19.7 Å². The first kappa shape index (κ1) is 19.7. The number of nitro benzene ring substituents is 1. The molecule has 0 aromatic heterocycles. The van der Waals surface area contributed by atoms with Crippen molar-refractivity contribution in [2.75, 3.05) is 45.2 Å². The molecular weight excluding hydrogens is 336 g/mol. The fourth-order valence-corrected chi connectivity index (χ4v) is 2.96. The minimum Gasteiger partial charge on any atom is -0.377 e. The maximum Gasteiger partial charge on any atom is 0.270 e. The second-order valence-electron chi connectivity index (χ2n) is 7.69. The second-order valence-corrected chi connectivity index (χ2v) is 7.69. The van der Waals surface area contributed by atoms with E-state index in [0.717, 1.165) is 0 Å². The van der Waals surface area contributed by atoms with Crippen LogP contribution >= 0.6 is 0 Å². The van der Waals surface area contributed by atoms with Crippen LogP contribution in [-0.2, 0) is 4.79 Å². The van der Waals surface area contributed by atoms with Crippen molar-refractivity contribution in [3.8, 4) is 0 Å². The molecule has 0 spiro atoms. The first-order valence-electron chi connectivity index (χ1n) is 8.57.